The standard InChI is InChI=1S/C14H18N4O/c1-10-7-11(8-18(2)9-14(15)17-19)12-5-3-4-6-13(12)16-10/h3-7,19H,8-9H2,1-2H3,(H2,15,17). The molecule has 100 valence electrons. The number of aryl methyl sites for hydroxylation is 1. The zero-order valence-electron chi connectivity index (χ0n) is 11.2. The second kappa shape index (κ2) is 5.67. The van der Waals surface area contributed by atoms with E-state index in [4.69, 9.17) is 10.9 Å². The van der Waals surface area contributed by atoms with Gasteiger partial charge in [0.05, 0.1) is 12.1 Å². The summed E-state index contributed by atoms with van der Waals surface area (Å²) in [6.45, 7) is 3.13. The van der Waals surface area contributed by atoms with Crippen LogP contribution in [0.5, 0.6) is 0 Å². The van der Waals surface area contributed by atoms with E-state index < -0.39 is 0 Å². The van der Waals surface area contributed by atoms with E-state index in [1.54, 1.807) is 0 Å². The number of benzene rings is 1. The van der Waals surface area contributed by atoms with E-state index in [1.807, 2.05) is 37.1 Å². The Hall–Kier alpha value is -2.14. The van der Waals surface area contributed by atoms with E-state index in [0.29, 0.717) is 6.54 Å². The van der Waals surface area contributed by atoms with Gasteiger partial charge in [-0.25, -0.2) is 0 Å². The quantitative estimate of drug-likeness (QED) is 0.379. The summed E-state index contributed by atoms with van der Waals surface area (Å²) in [5, 5.41) is 12.7. The number of nitrogens with zero attached hydrogens (tertiary/aromatic N) is 3. The second-order valence-electron chi connectivity index (χ2n) is 4.70. The SMILES string of the molecule is Cc1cc(CN(C)CC(N)=NO)c2ccccc2n1. The number of pyridine rings is 1. The number of aromatic nitrogens is 1. The summed E-state index contributed by atoms with van der Waals surface area (Å²) in [4.78, 5) is 6.51. The van der Waals surface area contributed by atoms with Gasteiger partial charge in [0, 0.05) is 17.6 Å². The fraction of sp³-hybridized carbons (Fsp3) is 0.286. The molecule has 0 aliphatic heterocycles. The number of nitrogens with two attached hydrogens (primary N) is 1. The van der Waals surface area contributed by atoms with Crippen molar-refractivity contribution in [1.29, 1.82) is 0 Å². The van der Waals surface area contributed by atoms with Crippen LogP contribution in [-0.4, -0.2) is 34.5 Å². The first kappa shape index (κ1) is 13.3. The van der Waals surface area contributed by atoms with Gasteiger partial charge in [-0.15, -0.1) is 0 Å². The lowest BCUT2D eigenvalue weighted by atomic mass is 10.1. The maximum atomic E-state index is 8.59. The van der Waals surface area contributed by atoms with Crippen molar-refractivity contribution in [2.24, 2.45) is 10.9 Å². The third kappa shape index (κ3) is 3.20. The molecule has 2 rings (SSSR count). The largest absolute Gasteiger partial charge is 0.409 e. The Labute approximate surface area is 112 Å². The zero-order valence-corrected chi connectivity index (χ0v) is 11.2. The molecule has 1 aromatic carbocycles. The van der Waals surface area contributed by atoms with Gasteiger partial charge in [0.15, 0.2) is 5.84 Å². The van der Waals surface area contributed by atoms with Crippen LogP contribution >= 0.6 is 0 Å². The normalized spacial score (nSPS) is 12.3. The van der Waals surface area contributed by atoms with Crippen LogP contribution in [0.15, 0.2) is 35.5 Å². The molecule has 0 spiro atoms. The molecule has 19 heavy (non-hydrogen) atoms. The minimum atomic E-state index is 0.206. The van der Waals surface area contributed by atoms with Crippen LogP contribution in [0.3, 0.4) is 0 Å². The molecule has 0 amide bonds. The Kier molecular flexibility index (Phi) is 3.97. The lowest BCUT2D eigenvalue weighted by Gasteiger charge is -2.17. The second-order valence-corrected chi connectivity index (χ2v) is 4.70. The average molecular weight is 258 g/mol. The predicted octanol–water partition coefficient (Wildman–Crippen LogP) is 1.72. The lowest BCUT2D eigenvalue weighted by Crippen LogP contribution is -2.30. The Bertz CT molecular complexity index is 609. The highest BCUT2D eigenvalue weighted by atomic mass is 16.4. The molecule has 0 unspecified atom stereocenters. The molecule has 0 aliphatic rings. The van der Waals surface area contributed by atoms with E-state index in [9.17, 15) is 0 Å². The van der Waals surface area contributed by atoms with Gasteiger partial charge in [0.25, 0.3) is 0 Å². The van der Waals surface area contributed by atoms with Crippen LogP contribution in [-0.2, 0) is 6.54 Å². The summed E-state index contributed by atoms with van der Waals surface area (Å²) in [6.07, 6.45) is 0. The monoisotopic (exact) mass is 258 g/mol. The first-order valence-corrected chi connectivity index (χ1v) is 6.10. The Morgan fingerprint density at radius 1 is 1.42 bits per heavy atom. The molecule has 0 saturated heterocycles. The molecule has 5 heteroatoms. The van der Waals surface area contributed by atoms with Gasteiger partial charge in [-0.05, 0) is 31.7 Å². The van der Waals surface area contributed by atoms with Crippen molar-refractivity contribution in [3.8, 4) is 0 Å². The maximum absolute atomic E-state index is 8.59. The molecule has 0 atom stereocenters. The van der Waals surface area contributed by atoms with Gasteiger partial charge in [-0.3, -0.25) is 9.88 Å². The fourth-order valence-electron chi connectivity index (χ4n) is 2.18. The highest BCUT2D eigenvalue weighted by Crippen LogP contribution is 2.19. The number of oxime groups is 1. The van der Waals surface area contributed by atoms with Gasteiger partial charge in [0.1, 0.15) is 0 Å². The first-order valence-electron chi connectivity index (χ1n) is 6.10. The van der Waals surface area contributed by atoms with Crippen LogP contribution in [0.25, 0.3) is 10.9 Å². The summed E-state index contributed by atoms with van der Waals surface area (Å²) in [5.41, 5.74) is 8.69. The van der Waals surface area contributed by atoms with Crippen molar-refractivity contribution >= 4 is 16.7 Å². The van der Waals surface area contributed by atoms with Crippen LogP contribution in [0, 0.1) is 6.92 Å². The van der Waals surface area contributed by atoms with Gasteiger partial charge >= 0.3 is 0 Å². The third-order valence-electron chi connectivity index (χ3n) is 2.93. The van der Waals surface area contributed by atoms with Crippen LogP contribution < -0.4 is 5.73 Å². The summed E-state index contributed by atoms with van der Waals surface area (Å²) in [5.74, 6) is 0.206. The molecule has 3 N–H and O–H groups in total. The zero-order chi connectivity index (χ0) is 13.8. The van der Waals surface area contributed by atoms with E-state index in [2.05, 4.69) is 22.3 Å². The van der Waals surface area contributed by atoms with E-state index >= 15 is 0 Å². The highest BCUT2D eigenvalue weighted by molar-refractivity contribution is 5.83. The molecule has 0 saturated carbocycles. The minimum absolute atomic E-state index is 0.206. The van der Waals surface area contributed by atoms with Gasteiger partial charge in [-0.2, -0.15) is 0 Å². The predicted molar refractivity (Wildman–Crippen MR) is 76.2 cm³/mol. The topological polar surface area (TPSA) is 74.7 Å². The fourth-order valence-corrected chi connectivity index (χ4v) is 2.18. The molecule has 0 aliphatic carbocycles. The van der Waals surface area contributed by atoms with Crippen molar-refractivity contribution < 1.29 is 5.21 Å². The van der Waals surface area contributed by atoms with E-state index in [1.165, 1.54) is 5.56 Å². The van der Waals surface area contributed by atoms with Crippen molar-refractivity contribution in [3.05, 3.63) is 41.6 Å². The van der Waals surface area contributed by atoms with Gasteiger partial charge in [-0.1, -0.05) is 23.4 Å². The van der Waals surface area contributed by atoms with Gasteiger partial charge < -0.3 is 10.9 Å². The molecule has 1 aromatic heterocycles. The van der Waals surface area contributed by atoms with Crippen molar-refractivity contribution in [2.45, 2.75) is 13.5 Å². The number of fused-ring (bicyclic) bond motifs is 1. The number of hydrogen-bond acceptors (Lipinski definition) is 4. The summed E-state index contributed by atoms with van der Waals surface area (Å²) in [6, 6.07) is 10.1. The van der Waals surface area contributed by atoms with Crippen molar-refractivity contribution in [2.75, 3.05) is 13.6 Å². The minimum Gasteiger partial charge on any atom is -0.409 e. The Morgan fingerprint density at radius 2 is 2.16 bits per heavy atom. The molecule has 2 aromatic rings. The van der Waals surface area contributed by atoms with Crippen LogP contribution in [0.4, 0.5) is 0 Å². The summed E-state index contributed by atoms with van der Waals surface area (Å²) in [7, 11) is 1.93. The van der Waals surface area contributed by atoms with E-state index in [-0.39, 0.29) is 5.84 Å². The molecule has 5 nitrogen and oxygen atoms in total. The number of likely N-dealkylation sites (N-methyl/N-ethyl adjacent to an activating group) is 1. The molecule has 0 bridgehead atoms. The van der Waals surface area contributed by atoms with Crippen molar-refractivity contribution in [3.63, 3.8) is 0 Å². The number of rotatable bonds is 4. The molecule has 1 heterocycles. The average Bonchev–Trinajstić information content (AvgIpc) is 2.38. The Morgan fingerprint density at radius 3 is 2.89 bits per heavy atom. The van der Waals surface area contributed by atoms with Gasteiger partial charge in [0.2, 0.25) is 0 Å². The Balaban J connectivity index is 2.29. The van der Waals surface area contributed by atoms with Crippen LogP contribution in [0.1, 0.15) is 11.3 Å². The van der Waals surface area contributed by atoms with E-state index in [0.717, 1.165) is 23.1 Å². The molecule has 0 radical (unpaired) electrons. The molecule has 0 fully saturated rings. The molecular formula is C14H18N4O. The van der Waals surface area contributed by atoms with Crippen LogP contribution in [0.2, 0.25) is 0 Å². The molecular weight excluding hydrogens is 240 g/mol. The smallest absolute Gasteiger partial charge is 0.153 e. The van der Waals surface area contributed by atoms with Crippen molar-refractivity contribution in [1.82, 2.24) is 9.88 Å². The highest BCUT2D eigenvalue weighted by Gasteiger charge is 2.08. The first-order chi connectivity index (χ1) is 9.10. The lowest BCUT2D eigenvalue weighted by molar-refractivity contribution is 0.308. The summed E-state index contributed by atoms with van der Waals surface area (Å²) < 4.78 is 0. The third-order valence-corrected chi connectivity index (χ3v) is 2.93. The number of para-hydroxylation sites is 1. The number of amidine groups is 1. The summed E-state index contributed by atoms with van der Waals surface area (Å²) >= 11 is 0. The maximum Gasteiger partial charge on any atom is 0.153 e. The number of hydrogen-bond donors (Lipinski definition) is 2.